The summed E-state index contributed by atoms with van der Waals surface area (Å²) in [5, 5.41) is 0. The highest BCUT2D eigenvalue weighted by Crippen LogP contribution is 2.18. The maximum atomic E-state index is 11.0. The summed E-state index contributed by atoms with van der Waals surface area (Å²) in [4.78, 5) is 21.8. The largest absolute Gasteiger partial charge is 0.356 e. The van der Waals surface area contributed by atoms with Crippen molar-refractivity contribution in [3.05, 3.63) is 0 Å². The van der Waals surface area contributed by atoms with Gasteiger partial charge in [0.05, 0.1) is 12.5 Å². The molecule has 0 N–H and O–H groups in total. The summed E-state index contributed by atoms with van der Waals surface area (Å²) in [5.74, 6) is -0.740. The average molecular weight is 197 g/mol. The smallest absolute Gasteiger partial charge is 0.273 e. The number of nitrogens with zero attached hydrogens (tertiary/aromatic N) is 2. The second kappa shape index (κ2) is 2.87. The van der Waals surface area contributed by atoms with Gasteiger partial charge in [0.25, 0.3) is 0 Å². The number of carbonyl (C=O) groups excluding carboxylic acids is 2. The third kappa shape index (κ3) is 1.41. The van der Waals surface area contributed by atoms with E-state index >= 15 is 0 Å². The zero-order valence-electron chi connectivity index (χ0n) is 5.75. The number of hydrogen-bond acceptors (Lipinski definition) is 2. The molecule has 3 amide bonds. The van der Waals surface area contributed by atoms with E-state index in [9.17, 15) is 9.59 Å². The van der Waals surface area contributed by atoms with Crippen molar-refractivity contribution < 1.29 is 9.59 Å². The highest BCUT2D eigenvalue weighted by atomic mass is 35.5. The van der Waals surface area contributed by atoms with E-state index in [2.05, 4.69) is 0 Å². The number of hydrogen-bond donors (Lipinski definition) is 0. The van der Waals surface area contributed by atoms with Crippen LogP contribution in [0.2, 0.25) is 0 Å². The molecule has 1 fully saturated rings. The van der Waals surface area contributed by atoms with Gasteiger partial charge in [-0.1, -0.05) is 6.92 Å². The monoisotopic (exact) mass is 196 g/mol. The van der Waals surface area contributed by atoms with Crippen LogP contribution >= 0.6 is 23.6 Å². The first-order chi connectivity index (χ1) is 5.04. The van der Waals surface area contributed by atoms with Gasteiger partial charge in [-0.05, 0) is 0 Å². The molecule has 0 unspecified atom stereocenters. The summed E-state index contributed by atoms with van der Waals surface area (Å²) in [7, 11) is 0. The molecule has 1 saturated heterocycles. The van der Waals surface area contributed by atoms with Gasteiger partial charge in [-0.2, -0.15) is 4.42 Å². The van der Waals surface area contributed by atoms with E-state index in [0.29, 0.717) is 4.42 Å². The number of urea groups is 1. The van der Waals surface area contributed by atoms with Crippen molar-refractivity contribution in [3.63, 3.8) is 0 Å². The van der Waals surface area contributed by atoms with E-state index in [0.717, 1.165) is 4.42 Å². The normalized spacial score (nSPS) is 26.3. The quantitative estimate of drug-likeness (QED) is 0.547. The van der Waals surface area contributed by atoms with Crippen molar-refractivity contribution in [2.24, 2.45) is 5.92 Å². The molecule has 6 heteroatoms. The summed E-state index contributed by atoms with van der Waals surface area (Å²) in [5.41, 5.74) is 0. The number of amides is 3. The van der Waals surface area contributed by atoms with E-state index < -0.39 is 11.9 Å². The fourth-order valence-corrected chi connectivity index (χ4v) is 1.36. The SMILES string of the molecule is C[C@@H]1CN(Cl)C(=O)N(Cl)C1=O. The van der Waals surface area contributed by atoms with Crippen LogP contribution in [0, 0.1) is 5.92 Å². The first-order valence-electron chi connectivity index (χ1n) is 3.01. The van der Waals surface area contributed by atoms with Crippen LogP contribution in [-0.4, -0.2) is 27.3 Å². The summed E-state index contributed by atoms with van der Waals surface area (Å²) in [6, 6.07) is -0.684. The molecule has 0 spiro atoms. The molecule has 1 aliphatic heterocycles. The van der Waals surface area contributed by atoms with Crippen molar-refractivity contribution in [1.29, 1.82) is 0 Å². The second-order valence-corrected chi connectivity index (χ2v) is 3.09. The Morgan fingerprint density at radius 2 is 2.00 bits per heavy atom. The van der Waals surface area contributed by atoms with Crippen molar-refractivity contribution >= 4 is 35.5 Å². The first-order valence-corrected chi connectivity index (χ1v) is 3.68. The predicted molar refractivity (Wildman–Crippen MR) is 39.8 cm³/mol. The Bertz CT molecular complexity index is 189. The van der Waals surface area contributed by atoms with Gasteiger partial charge in [-0.25, -0.2) is 9.21 Å². The summed E-state index contributed by atoms with van der Waals surface area (Å²) in [6.07, 6.45) is 0. The summed E-state index contributed by atoms with van der Waals surface area (Å²) < 4.78 is 1.39. The van der Waals surface area contributed by atoms with Crippen molar-refractivity contribution in [2.45, 2.75) is 6.92 Å². The number of imide groups is 1. The van der Waals surface area contributed by atoms with E-state index in [-0.39, 0.29) is 12.5 Å². The van der Waals surface area contributed by atoms with Crippen molar-refractivity contribution in [2.75, 3.05) is 6.54 Å². The van der Waals surface area contributed by atoms with Gasteiger partial charge in [0, 0.05) is 23.6 Å². The summed E-state index contributed by atoms with van der Waals surface area (Å²) in [6.45, 7) is 1.86. The maximum absolute atomic E-state index is 11.0. The van der Waals surface area contributed by atoms with Crippen LogP contribution < -0.4 is 0 Å². The fraction of sp³-hybridized carbons (Fsp3) is 0.600. The Hall–Kier alpha value is -0.480. The lowest BCUT2D eigenvalue weighted by Crippen LogP contribution is -2.48. The standard InChI is InChI=1S/C5H6Cl2N2O2/c1-3-2-8(6)5(11)9(7)4(3)10/h3H,2H2,1H3/t3-/m1/s1. The minimum atomic E-state index is -0.684. The zero-order chi connectivity index (χ0) is 8.59. The molecule has 11 heavy (non-hydrogen) atoms. The van der Waals surface area contributed by atoms with Gasteiger partial charge < -0.3 is 0 Å². The Morgan fingerprint density at radius 3 is 2.55 bits per heavy atom. The van der Waals surface area contributed by atoms with Gasteiger partial charge in [-0.15, -0.1) is 0 Å². The van der Waals surface area contributed by atoms with Gasteiger partial charge in [0.2, 0.25) is 5.91 Å². The molecule has 0 saturated carbocycles. The Morgan fingerprint density at radius 1 is 1.45 bits per heavy atom. The lowest BCUT2D eigenvalue weighted by atomic mass is 10.1. The molecule has 0 bridgehead atoms. The minimum Gasteiger partial charge on any atom is -0.273 e. The Labute approximate surface area is 73.9 Å². The highest BCUT2D eigenvalue weighted by Gasteiger charge is 2.35. The van der Waals surface area contributed by atoms with E-state index in [1.165, 1.54) is 0 Å². The maximum Gasteiger partial charge on any atom is 0.356 e. The van der Waals surface area contributed by atoms with Crippen LogP contribution in [0.25, 0.3) is 0 Å². The molecular formula is C5H6Cl2N2O2. The third-order valence-electron chi connectivity index (χ3n) is 1.42. The van der Waals surface area contributed by atoms with E-state index in [4.69, 9.17) is 23.6 Å². The molecular weight excluding hydrogens is 191 g/mol. The number of halogens is 2. The van der Waals surface area contributed by atoms with Gasteiger partial charge >= 0.3 is 6.03 Å². The van der Waals surface area contributed by atoms with Crippen molar-refractivity contribution in [1.82, 2.24) is 8.84 Å². The number of rotatable bonds is 0. The van der Waals surface area contributed by atoms with Crippen LogP contribution in [0.4, 0.5) is 4.79 Å². The predicted octanol–water partition coefficient (Wildman–Crippen LogP) is 1.19. The molecule has 0 radical (unpaired) electrons. The van der Waals surface area contributed by atoms with Crippen LogP contribution in [0.15, 0.2) is 0 Å². The molecule has 1 atom stereocenters. The molecule has 62 valence electrons. The third-order valence-corrected chi connectivity index (χ3v) is 2.02. The molecule has 0 aliphatic carbocycles. The van der Waals surface area contributed by atoms with Gasteiger partial charge in [-0.3, -0.25) is 4.79 Å². The average Bonchev–Trinajstić information content (AvgIpc) is 1.97. The van der Waals surface area contributed by atoms with Crippen LogP contribution in [-0.2, 0) is 4.79 Å². The minimum absolute atomic E-state index is 0.211. The van der Waals surface area contributed by atoms with Crippen molar-refractivity contribution in [3.8, 4) is 0 Å². The lowest BCUT2D eigenvalue weighted by molar-refractivity contribution is -0.130. The van der Waals surface area contributed by atoms with Gasteiger partial charge in [0.1, 0.15) is 0 Å². The van der Waals surface area contributed by atoms with Gasteiger partial charge in [0.15, 0.2) is 0 Å². The molecule has 4 nitrogen and oxygen atoms in total. The molecule has 1 heterocycles. The molecule has 0 aromatic carbocycles. The van der Waals surface area contributed by atoms with Crippen LogP contribution in [0.1, 0.15) is 6.92 Å². The van der Waals surface area contributed by atoms with Crippen LogP contribution in [0.5, 0.6) is 0 Å². The van der Waals surface area contributed by atoms with Crippen LogP contribution in [0.3, 0.4) is 0 Å². The molecule has 0 aromatic heterocycles. The lowest BCUT2D eigenvalue weighted by Gasteiger charge is -2.28. The fourth-order valence-electron chi connectivity index (χ4n) is 0.780. The van der Waals surface area contributed by atoms with E-state index in [1.807, 2.05) is 0 Å². The topological polar surface area (TPSA) is 40.6 Å². The Balaban J connectivity index is 2.79. The summed E-state index contributed by atoms with van der Waals surface area (Å²) >= 11 is 10.7. The Kier molecular flexibility index (Phi) is 2.25. The molecule has 1 aliphatic rings. The van der Waals surface area contributed by atoms with E-state index in [1.54, 1.807) is 6.92 Å². The highest BCUT2D eigenvalue weighted by molar-refractivity contribution is 6.34. The molecule has 1 rings (SSSR count). The zero-order valence-corrected chi connectivity index (χ0v) is 7.26. The first kappa shape index (κ1) is 8.62. The molecule has 0 aromatic rings. The second-order valence-electron chi connectivity index (χ2n) is 2.35. The number of carbonyl (C=O) groups is 2.